The molecule has 2 saturated heterocycles. The predicted octanol–water partition coefficient (Wildman–Crippen LogP) is 3.60. The maximum atomic E-state index is 5.01. The van der Waals surface area contributed by atoms with E-state index in [2.05, 4.69) is 72.9 Å². The van der Waals surface area contributed by atoms with Crippen LogP contribution < -0.4 is 5.32 Å². The molecule has 0 saturated carbocycles. The zero-order valence-electron chi connectivity index (χ0n) is 14.4. The molecule has 128 valence electrons. The molecule has 2 unspecified atom stereocenters. The van der Waals surface area contributed by atoms with Gasteiger partial charge < -0.3 is 14.8 Å². The Kier molecular flexibility index (Phi) is 6.41. The molecule has 0 bridgehead atoms. The molecule has 2 aromatic rings. The van der Waals surface area contributed by atoms with Crippen molar-refractivity contribution in [3.8, 4) is 0 Å². The summed E-state index contributed by atoms with van der Waals surface area (Å²) in [4.78, 5) is 0. The van der Waals surface area contributed by atoms with E-state index < -0.39 is 0 Å². The number of nitrogens with one attached hydrogen (secondary N) is 1. The smallest absolute Gasteiger partial charge is 0.0933 e. The van der Waals surface area contributed by atoms with Crippen LogP contribution in [0.3, 0.4) is 0 Å². The minimum atomic E-state index is 0.503. The molecule has 2 aliphatic rings. The monoisotopic (exact) mass is 325 g/mol. The van der Waals surface area contributed by atoms with E-state index in [4.69, 9.17) is 9.47 Å². The highest BCUT2D eigenvalue weighted by molar-refractivity contribution is 5.31. The summed E-state index contributed by atoms with van der Waals surface area (Å²) in [6.07, 6.45) is 2.15. The van der Waals surface area contributed by atoms with Gasteiger partial charge in [-0.1, -0.05) is 67.6 Å². The fourth-order valence-electron chi connectivity index (χ4n) is 2.81. The van der Waals surface area contributed by atoms with Crippen molar-refractivity contribution in [3.63, 3.8) is 0 Å². The molecule has 0 amide bonds. The lowest BCUT2D eigenvalue weighted by molar-refractivity contribution is 0.373. The lowest BCUT2D eigenvalue weighted by atomic mass is 9.89. The van der Waals surface area contributed by atoms with Gasteiger partial charge in [-0.15, -0.1) is 0 Å². The molecule has 2 atom stereocenters. The molecule has 3 heteroatoms. The van der Waals surface area contributed by atoms with Crippen LogP contribution >= 0.6 is 0 Å². The summed E-state index contributed by atoms with van der Waals surface area (Å²) < 4.78 is 10.0. The second-order valence-corrected chi connectivity index (χ2v) is 6.35. The van der Waals surface area contributed by atoms with E-state index in [-0.39, 0.29) is 0 Å². The molecule has 1 N–H and O–H groups in total. The number of hydrogen-bond acceptors (Lipinski definition) is 3. The normalized spacial score (nSPS) is 21.1. The van der Waals surface area contributed by atoms with Crippen molar-refractivity contribution >= 4 is 0 Å². The van der Waals surface area contributed by atoms with Crippen molar-refractivity contribution in [1.82, 2.24) is 5.32 Å². The third kappa shape index (κ3) is 5.75. The zero-order chi connectivity index (χ0) is 16.6. The highest BCUT2D eigenvalue weighted by Gasteiger charge is 2.25. The van der Waals surface area contributed by atoms with Gasteiger partial charge in [0.2, 0.25) is 0 Å². The van der Waals surface area contributed by atoms with Crippen LogP contribution in [0.5, 0.6) is 0 Å². The van der Waals surface area contributed by atoms with Crippen LogP contribution in [0, 0.1) is 0 Å². The first-order chi connectivity index (χ1) is 11.9. The summed E-state index contributed by atoms with van der Waals surface area (Å²) in [6, 6.07) is 21.4. The zero-order valence-corrected chi connectivity index (χ0v) is 14.4. The van der Waals surface area contributed by atoms with E-state index in [1.165, 1.54) is 11.1 Å². The Labute approximate surface area is 145 Å². The summed E-state index contributed by atoms with van der Waals surface area (Å²) in [5.74, 6) is 0.535. The number of rotatable bonds is 7. The minimum Gasteiger partial charge on any atom is -0.372 e. The SMILES string of the molecule is C(NCC1CO1)C1CO1.CCC(c1ccccc1)c1ccccc1. The quantitative estimate of drug-likeness (QED) is 0.790. The van der Waals surface area contributed by atoms with E-state index in [0.717, 1.165) is 32.7 Å². The highest BCUT2D eigenvalue weighted by atomic mass is 16.6. The summed E-state index contributed by atoms with van der Waals surface area (Å²) in [7, 11) is 0. The predicted molar refractivity (Wildman–Crippen MR) is 97.4 cm³/mol. The molecule has 0 radical (unpaired) electrons. The van der Waals surface area contributed by atoms with Crippen molar-refractivity contribution in [3.05, 3.63) is 71.8 Å². The Balaban J connectivity index is 0.000000159. The largest absolute Gasteiger partial charge is 0.372 e. The van der Waals surface area contributed by atoms with Gasteiger partial charge in [0.1, 0.15) is 0 Å². The Bertz CT molecular complexity index is 528. The average molecular weight is 325 g/mol. The Morgan fingerprint density at radius 2 is 1.25 bits per heavy atom. The number of ether oxygens (including phenoxy) is 2. The van der Waals surface area contributed by atoms with Crippen molar-refractivity contribution in [2.45, 2.75) is 31.5 Å². The van der Waals surface area contributed by atoms with Gasteiger partial charge in [0, 0.05) is 19.0 Å². The summed E-state index contributed by atoms with van der Waals surface area (Å²) in [6.45, 7) is 6.13. The molecule has 0 aliphatic carbocycles. The molecule has 2 fully saturated rings. The molecular weight excluding hydrogens is 298 g/mol. The fraction of sp³-hybridized carbons (Fsp3) is 0.429. The van der Waals surface area contributed by atoms with Crippen LogP contribution in [0.25, 0.3) is 0 Å². The average Bonchev–Trinajstić information content (AvgIpc) is 3.54. The fourth-order valence-corrected chi connectivity index (χ4v) is 2.81. The van der Waals surface area contributed by atoms with E-state index in [1.807, 2.05) is 0 Å². The maximum absolute atomic E-state index is 5.01. The van der Waals surface area contributed by atoms with Crippen LogP contribution in [-0.4, -0.2) is 38.5 Å². The standard InChI is InChI=1S/C15H16.C6H11NO2/c1-2-15(13-9-5-3-6-10-13)14-11-7-4-8-12-14;1(5-3-8-5)7-2-6-4-9-6/h3-12,15H,2H2,1H3;5-7H,1-4H2. The first-order valence-corrected chi connectivity index (χ1v) is 8.90. The van der Waals surface area contributed by atoms with Crippen LogP contribution in [0.4, 0.5) is 0 Å². The Morgan fingerprint density at radius 3 is 1.58 bits per heavy atom. The molecule has 2 aliphatic heterocycles. The molecule has 2 aromatic carbocycles. The van der Waals surface area contributed by atoms with E-state index >= 15 is 0 Å². The van der Waals surface area contributed by atoms with Crippen LogP contribution in [0.1, 0.15) is 30.4 Å². The Morgan fingerprint density at radius 1 is 0.833 bits per heavy atom. The van der Waals surface area contributed by atoms with Gasteiger partial charge >= 0.3 is 0 Å². The van der Waals surface area contributed by atoms with Crippen molar-refractivity contribution in [1.29, 1.82) is 0 Å². The van der Waals surface area contributed by atoms with Crippen molar-refractivity contribution in [2.24, 2.45) is 0 Å². The number of benzene rings is 2. The second kappa shape index (κ2) is 8.97. The van der Waals surface area contributed by atoms with Gasteiger partial charge in [-0.2, -0.15) is 0 Å². The first kappa shape index (κ1) is 17.2. The second-order valence-electron chi connectivity index (χ2n) is 6.35. The van der Waals surface area contributed by atoms with Crippen LogP contribution in [0.15, 0.2) is 60.7 Å². The molecule has 24 heavy (non-hydrogen) atoms. The van der Waals surface area contributed by atoms with Gasteiger partial charge in [0.05, 0.1) is 25.4 Å². The van der Waals surface area contributed by atoms with Gasteiger partial charge in [0.15, 0.2) is 0 Å². The van der Waals surface area contributed by atoms with Crippen molar-refractivity contribution < 1.29 is 9.47 Å². The van der Waals surface area contributed by atoms with E-state index in [0.29, 0.717) is 18.1 Å². The maximum Gasteiger partial charge on any atom is 0.0933 e. The first-order valence-electron chi connectivity index (χ1n) is 8.90. The summed E-state index contributed by atoms with van der Waals surface area (Å²) in [5.41, 5.74) is 2.82. The van der Waals surface area contributed by atoms with Gasteiger partial charge in [-0.25, -0.2) is 0 Å². The third-order valence-electron chi connectivity index (χ3n) is 4.36. The Hall–Kier alpha value is -1.68. The number of epoxide rings is 2. The molecular formula is C21H27NO2. The topological polar surface area (TPSA) is 37.1 Å². The molecule has 0 spiro atoms. The third-order valence-corrected chi connectivity index (χ3v) is 4.36. The van der Waals surface area contributed by atoms with E-state index in [1.54, 1.807) is 0 Å². The minimum absolute atomic E-state index is 0.503. The lowest BCUT2D eigenvalue weighted by Crippen LogP contribution is -2.24. The van der Waals surface area contributed by atoms with Gasteiger partial charge in [-0.3, -0.25) is 0 Å². The van der Waals surface area contributed by atoms with Crippen LogP contribution in [0.2, 0.25) is 0 Å². The van der Waals surface area contributed by atoms with Crippen molar-refractivity contribution in [2.75, 3.05) is 26.3 Å². The summed E-state index contributed by atoms with van der Waals surface area (Å²) >= 11 is 0. The molecule has 4 rings (SSSR count). The highest BCUT2D eigenvalue weighted by Crippen LogP contribution is 2.26. The lowest BCUT2D eigenvalue weighted by Gasteiger charge is -2.15. The van der Waals surface area contributed by atoms with Gasteiger partial charge in [0.25, 0.3) is 0 Å². The summed E-state index contributed by atoms with van der Waals surface area (Å²) in [5, 5.41) is 3.26. The van der Waals surface area contributed by atoms with Gasteiger partial charge in [-0.05, 0) is 17.5 Å². The number of hydrogen-bond donors (Lipinski definition) is 1. The van der Waals surface area contributed by atoms with Crippen LogP contribution in [-0.2, 0) is 9.47 Å². The molecule has 0 aromatic heterocycles. The molecule has 3 nitrogen and oxygen atoms in total. The van der Waals surface area contributed by atoms with E-state index in [9.17, 15) is 0 Å². The molecule has 2 heterocycles.